The monoisotopic (exact) mass is 267 g/mol. The van der Waals surface area contributed by atoms with E-state index in [0.717, 1.165) is 12.1 Å². The molecule has 0 bridgehead atoms. The highest BCUT2D eigenvalue weighted by molar-refractivity contribution is 6.10. The molecule has 0 radical (unpaired) electrons. The molecule has 1 heterocycles. The van der Waals surface area contributed by atoms with Gasteiger partial charge in [-0.2, -0.15) is 5.10 Å². The van der Waals surface area contributed by atoms with Crippen molar-refractivity contribution in [1.29, 1.82) is 0 Å². The van der Waals surface area contributed by atoms with Crippen LogP contribution >= 0.6 is 0 Å². The summed E-state index contributed by atoms with van der Waals surface area (Å²) in [4.78, 5) is 4.42. The molecule has 0 N–H and O–H groups in total. The number of nitrogens with zero attached hydrogens (tertiary/aromatic N) is 3. The molecule has 2 aromatic rings. The van der Waals surface area contributed by atoms with Gasteiger partial charge in [0.1, 0.15) is 0 Å². The zero-order chi connectivity index (χ0) is 14.1. The first-order valence-corrected chi connectivity index (χ1v) is 7.34. The van der Waals surface area contributed by atoms with E-state index in [4.69, 9.17) is 0 Å². The third-order valence-corrected chi connectivity index (χ3v) is 3.97. The van der Waals surface area contributed by atoms with Gasteiger partial charge < -0.3 is 0 Å². The average Bonchev–Trinajstić information content (AvgIpc) is 3.23. The van der Waals surface area contributed by atoms with Gasteiger partial charge in [0.15, 0.2) is 0 Å². The van der Waals surface area contributed by atoms with Crippen LogP contribution in [0.15, 0.2) is 41.0 Å². The zero-order valence-electron chi connectivity index (χ0n) is 12.4. The lowest BCUT2D eigenvalue weighted by molar-refractivity contribution is 0.665. The number of rotatable bonds is 4. The van der Waals surface area contributed by atoms with Crippen molar-refractivity contribution in [2.45, 2.75) is 39.2 Å². The van der Waals surface area contributed by atoms with E-state index in [1.165, 1.54) is 34.9 Å². The van der Waals surface area contributed by atoms with Crippen LogP contribution in [0.5, 0.6) is 0 Å². The molecule has 1 aliphatic rings. The summed E-state index contributed by atoms with van der Waals surface area (Å²) in [6, 6.07) is 7.16. The Hall–Kier alpha value is -1.90. The minimum Gasteiger partial charge on any atom is -0.288 e. The SMILES string of the molecule is CC/C(C)=C\C(=NC)c1ccc2c(cnn2C2CC2)c1. The smallest absolute Gasteiger partial charge is 0.0686 e. The molecule has 104 valence electrons. The zero-order valence-corrected chi connectivity index (χ0v) is 12.4. The lowest BCUT2D eigenvalue weighted by atomic mass is 10.0. The molecular weight excluding hydrogens is 246 g/mol. The van der Waals surface area contributed by atoms with Crippen LogP contribution in [0.2, 0.25) is 0 Å². The van der Waals surface area contributed by atoms with E-state index in [2.05, 4.69) is 52.9 Å². The molecule has 3 nitrogen and oxygen atoms in total. The normalized spacial score (nSPS) is 16.9. The Morgan fingerprint density at radius 1 is 1.45 bits per heavy atom. The highest BCUT2D eigenvalue weighted by Gasteiger charge is 2.25. The summed E-state index contributed by atoms with van der Waals surface area (Å²) in [6.45, 7) is 4.32. The van der Waals surface area contributed by atoms with Gasteiger partial charge in [-0.05, 0) is 44.4 Å². The predicted octanol–water partition coefficient (Wildman–Crippen LogP) is 4.15. The second kappa shape index (κ2) is 5.23. The Balaban J connectivity index is 2.00. The maximum absolute atomic E-state index is 4.52. The Bertz CT molecular complexity index is 687. The summed E-state index contributed by atoms with van der Waals surface area (Å²) in [5.41, 5.74) is 4.80. The fourth-order valence-electron chi connectivity index (χ4n) is 2.44. The van der Waals surface area contributed by atoms with E-state index >= 15 is 0 Å². The predicted molar refractivity (Wildman–Crippen MR) is 84.5 cm³/mol. The van der Waals surface area contributed by atoms with Crippen LogP contribution in [0.3, 0.4) is 0 Å². The Morgan fingerprint density at radius 3 is 2.90 bits per heavy atom. The minimum absolute atomic E-state index is 0.625. The van der Waals surface area contributed by atoms with Crippen molar-refractivity contribution in [3.05, 3.63) is 41.6 Å². The molecule has 1 fully saturated rings. The Kier molecular flexibility index (Phi) is 3.43. The first-order chi connectivity index (χ1) is 9.72. The van der Waals surface area contributed by atoms with Crippen LogP contribution in [0.1, 0.15) is 44.7 Å². The standard InChI is InChI=1S/C17H21N3/c1-4-12(2)9-16(18-3)13-5-8-17-14(10-13)11-19-20(17)15-6-7-15/h5,8-11,15H,4,6-7H2,1-3H3/b12-9-,18-16?. The highest BCUT2D eigenvalue weighted by atomic mass is 15.3. The van der Waals surface area contributed by atoms with Crippen molar-refractivity contribution in [3.8, 4) is 0 Å². The summed E-state index contributed by atoms with van der Waals surface area (Å²) in [5.74, 6) is 0. The fourth-order valence-corrected chi connectivity index (χ4v) is 2.44. The number of hydrogen-bond acceptors (Lipinski definition) is 2. The van der Waals surface area contributed by atoms with Gasteiger partial charge in [-0.15, -0.1) is 0 Å². The van der Waals surface area contributed by atoms with Crippen molar-refractivity contribution in [2.24, 2.45) is 4.99 Å². The second-order valence-corrected chi connectivity index (χ2v) is 5.55. The lowest BCUT2D eigenvalue weighted by Crippen LogP contribution is -1.99. The van der Waals surface area contributed by atoms with Crippen molar-refractivity contribution in [2.75, 3.05) is 7.05 Å². The van der Waals surface area contributed by atoms with Gasteiger partial charge in [0, 0.05) is 18.0 Å². The summed E-state index contributed by atoms with van der Waals surface area (Å²) in [6.07, 6.45) is 7.73. The minimum atomic E-state index is 0.625. The van der Waals surface area contributed by atoms with Crippen molar-refractivity contribution in [1.82, 2.24) is 9.78 Å². The summed E-state index contributed by atoms with van der Waals surface area (Å²) < 4.78 is 2.16. The molecule has 0 atom stereocenters. The number of benzene rings is 1. The van der Waals surface area contributed by atoms with Gasteiger partial charge in [0.25, 0.3) is 0 Å². The molecular formula is C17H21N3. The Labute approximate surface area is 120 Å². The molecule has 1 aliphatic carbocycles. The fraction of sp³-hybridized carbons (Fsp3) is 0.412. The molecule has 0 unspecified atom stereocenters. The first-order valence-electron chi connectivity index (χ1n) is 7.34. The summed E-state index contributed by atoms with van der Waals surface area (Å²) in [5, 5.41) is 5.73. The highest BCUT2D eigenvalue weighted by Crippen LogP contribution is 2.36. The molecule has 0 saturated heterocycles. The van der Waals surface area contributed by atoms with Crippen LogP contribution in [0.4, 0.5) is 0 Å². The number of hydrogen-bond donors (Lipinski definition) is 0. The second-order valence-electron chi connectivity index (χ2n) is 5.55. The third-order valence-electron chi connectivity index (χ3n) is 3.97. The van der Waals surface area contributed by atoms with Crippen molar-refractivity contribution >= 4 is 16.6 Å². The van der Waals surface area contributed by atoms with Crippen LogP contribution in [0.25, 0.3) is 10.9 Å². The molecule has 1 aromatic carbocycles. The van der Waals surface area contributed by atoms with E-state index in [1.807, 2.05) is 13.2 Å². The van der Waals surface area contributed by atoms with E-state index < -0.39 is 0 Å². The van der Waals surface area contributed by atoms with E-state index in [1.54, 1.807) is 0 Å². The maximum Gasteiger partial charge on any atom is 0.0686 e. The molecule has 0 aliphatic heterocycles. The van der Waals surface area contributed by atoms with Gasteiger partial charge in [0.05, 0.1) is 23.5 Å². The molecule has 3 rings (SSSR count). The molecule has 1 saturated carbocycles. The van der Waals surface area contributed by atoms with Crippen LogP contribution in [0, 0.1) is 0 Å². The quantitative estimate of drug-likeness (QED) is 0.765. The average molecular weight is 267 g/mol. The molecule has 0 amide bonds. The molecule has 20 heavy (non-hydrogen) atoms. The van der Waals surface area contributed by atoms with Crippen molar-refractivity contribution < 1.29 is 0 Å². The van der Waals surface area contributed by atoms with E-state index in [-0.39, 0.29) is 0 Å². The van der Waals surface area contributed by atoms with E-state index in [0.29, 0.717) is 6.04 Å². The Morgan fingerprint density at radius 2 is 2.25 bits per heavy atom. The lowest BCUT2D eigenvalue weighted by Gasteiger charge is -2.05. The van der Waals surface area contributed by atoms with Gasteiger partial charge in [-0.25, -0.2) is 0 Å². The van der Waals surface area contributed by atoms with Crippen LogP contribution < -0.4 is 0 Å². The maximum atomic E-state index is 4.52. The molecule has 0 spiro atoms. The number of aromatic nitrogens is 2. The van der Waals surface area contributed by atoms with Gasteiger partial charge in [-0.3, -0.25) is 9.67 Å². The summed E-state index contributed by atoms with van der Waals surface area (Å²) >= 11 is 0. The largest absolute Gasteiger partial charge is 0.288 e. The number of allylic oxidation sites excluding steroid dienone is 2. The topological polar surface area (TPSA) is 30.2 Å². The van der Waals surface area contributed by atoms with E-state index in [9.17, 15) is 0 Å². The number of fused-ring (bicyclic) bond motifs is 1. The molecule has 1 aromatic heterocycles. The number of aliphatic imine (C=N–C) groups is 1. The molecule has 3 heteroatoms. The van der Waals surface area contributed by atoms with Crippen LogP contribution in [-0.2, 0) is 0 Å². The van der Waals surface area contributed by atoms with Gasteiger partial charge in [-0.1, -0.05) is 18.6 Å². The van der Waals surface area contributed by atoms with Gasteiger partial charge >= 0.3 is 0 Å². The first kappa shape index (κ1) is 13.1. The summed E-state index contributed by atoms with van der Waals surface area (Å²) in [7, 11) is 1.85. The van der Waals surface area contributed by atoms with Gasteiger partial charge in [0.2, 0.25) is 0 Å². The van der Waals surface area contributed by atoms with Crippen molar-refractivity contribution in [3.63, 3.8) is 0 Å². The third kappa shape index (κ3) is 2.40. The van der Waals surface area contributed by atoms with Crippen LogP contribution in [-0.4, -0.2) is 22.5 Å².